The molecule has 2 aliphatic rings. The monoisotopic (exact) mass is 204 g/mol. The van der Waals surface area contributed by atoms with Crippen molar-refractivity contribution in [2.24, 2.45) is 11.1 Å². The molecule has 0 aliphatic heterocycles. The van der Waals surface area contributed by atoms with E-state index in [4.69, 9.17) is 5.73 Å². The normalized spacial score (nSPS) is 22.5. The molecule has 2 nitrogen and oxygen atoms in total. The minimum Gasteiger partial charge on any atom is -0.362 e. The number of aromatic nitrogens is 1. The Balaban J connectivity index is 1.78. The lowest BCUT2D eigenvalue weighted by Gasteiger charge is -2.10. The first kappa shape index (κ1) is 9.46. The van der Waals surface area contributed by atoms with E-state index < -0.39 is 0 Å². The molecular formula is C13H20N2. The molecule has 2 heteroatoms. The summed E-state index contributed by atoms with van der Waals surface area (Å²) in [6, 6.07) is 2.39. The fourth-order valence-electron chi connectivity index (χ4n) is 2.80. The molecule has 15 heavy (non-hydrogen) atoms. The number of hydrogen-bond donors (Lipinski definition) is 2. The highest BCUT2D eigenvalue weighted by Gasteiger charge is 2.41. The molecule has 0 saturated heterocycles. The van der Waals surface area contributed by atoms with Crippen LogP contribution in [0.15, 0.2) is 6.07 Å². The maximum absolute atomic E-state index is 5.82. The second-order valence-corrected chi connectivity index (χ2v) is 5.39. The number of nitrogens with one attached hydrogen (secondary N) is 1. The predicted octanol–water partition coefficient (Wildman–Crippen LogP) is 2.17. The van der Waals surface area contributed by atoms with Crippen LogP contribution in [0.5, 0.6) is 0 Å². The van der Waals surface area contributed by atoms with Gasteiger partial charge in [-0.25, -0.2) is 0 Å². The topological polar surface area (TPSA) is 41.8 Å². The van der Waals surface area contributed by atoms with E-state index >= 15 is 0 Å². The zero-order chi connectivity index (χ0) is 10.3. The SMILES string of the molecule is NCC1(Cc2cc3c([nH]2)CCCC3)CC1. The molecule has 1 aromatic rings. The van der Waals surface area contributed by atoms with Crippen molar-refractivity contribution in [3.8, 4) is 0 Å². The second-order valence-electron chi connectivity index (χ2n) is 5.39. The number of aromatic amines is 1. The summed E-state index contributed by atoms with van der Waals surface area (Å²) in [6.45, 7) is 0.858. The van der Waals surface area contributed by atoms with Gasteiger partial charge in [-0.3, -0.25) is 0 Å². The van der Waals surface area contributed by atoms with Crippen molar-refractivity contribution in [3.05, 3.63) is 23.0 Å². The minimum absolute atomic E-state index is 0.466. The van der Waals surface area contributed by atoms with Crippen LogP contribution in [0.2, 0.25) is 0 Å². The van der Waals surface area contributed by atoms with Gasteiger partial charge in [0.2, 0.25) is 0 Å². The Labute approximate surface area is 91.3 Å². The Kier molecular flexibility index (Phi) is 2.13. The van der Waals surface area contributed by atoms with Crippen molar-refractivity contribution >= 4 is 0 Å². The molecule has 3 N–H and O–H groups in total. The lowest BCUT2D eigenvalue weighted by atomic mass is 9.97. The molecule has 0 spiro atoms. The highest BCUT2D eigenvalue weighted by Crippen LogP contribution is 2.47. The van der Waals surface area contributed by atoms with E-state index in [1.807, 2.05) is 0 Å². The predicted molar refractivity (Wildman–Crippen MR) is 61.9 cm³/mol. The van der Waals surface area contributed by atoms with Gasteiger partial charge in [-0.05, 0) is 68.5 Å². The fraction of sp³-hybridized carbons (Fsp3) is 0.692. The smallest absolute Gasteiger partial charge is 0.0181 e. The van der Waals surface area contributed by atoms with Crippen LogP contribution in [0.4, 0.5) is 0 Å². The average molecular weight is 204 g/mol. The van der Waals surface area contributed by atoms with Crippen LogP contribution < -0.4 is 5.73 Å². The molecule has 1 aromatic heterocycles. The highest BCUT2D eigenvalue weighted by atomic mass is 14.8. The van der Waals surface area contributed by atoms with Crippen LogP contribution in [0.3, 0.4) is 0 Å². The zero-order valence-corrected chi connectivity index (χ0v) is 9.31. The summed E-state index contributed by atoms with van der Waals surface area (Å²) in [5, 5.41) is 0. The first-order valence-electron chi connectivity index (χ1n) is 6.21. The first-order chi connectivity index (χ1) is 7.31. The molecule has 0 unspecified atom stereocenters. The van der Waals surface area contributed by atoms with Gasteiger partial charge in [-0.2, -0.15) is 0 Å². The maximum Gasteiger partial charge on any atom is 0.0181 e. The maximum atomic E-state index is 5.82. The molecule has 2 aliphatic carbocycles. The molecule has 3 rings (SSSR count). The van der Waals surface area contributed by atoms with Gasteiger partial charge in [0, 0.05) is 11.4 Å². The van der Waals surface area contributed by atoms with E-state index in [1.165, 1.54) is 56.3 Å². The molecule has 1 heterocycles. The number of aryl methyl sites for hydroxylation is 2. The van der Waals surface area contributed by atoms with Gasteiger partial charge in [0.05, 0.1) is 0 Å². The molecule has 1 saturated carbocycles. The summed E-state index contributed by atoms with van der Waals surface area (Å²) < 4.78 is 0. The number of rotatable bonds is 3. The van der Waals surface area contributed by atoms with Gasteiger partial charge in [0.15, 0.2) is 0 Å². The van der Waals surface area contributed by atoms with E-state index in [1.54, 1.807) is 5.56 Å². The number of H-pyrrole nitrogens is 1. The van der Waals surface area contributed by atoms with Crippen LogP contribution in [0.1, 0.15) is 42.6 Å². The standard InChI is InChI=1S/C13H20N2/c14-9-13(5-6-13)8-11-7-10-3-1-2-4-12(10)15-11/h7,15H,1-6,8-9,14H2. The van der Waals surface area contributed by atoms with Crippen LogP contribution >= 0.6 is 0 Å². The summed E-state index contributed by atoms with van der Waals surface area (Å²) >= 11 is 0. The van der Waals surface area contributed by atoms with Gasteiger partial charge < -0.3 is 10.7 Å². The van der Waals surface area contributed by atoms with Crippen molar-refractivity contribution < 1.29 is 0 Å². The minimum atomic E-state index is 0.466. The molecule has 0 amide bonds. The Bertz CT molecular complexity index is 337. The van der Waals surface area contributed by atoms with Gasteiger partial charge in [-0.1, -0.05) is 0 Å². The Morgan fingerprint density at radius 2 is 2.07 bits per heavy atom. The van der Waals surface area contributed by atoms with Crippen molar-refractivity contribution in [1.29, 1.82) is 0 Å². The van der Waals surface area contributed by atoms with Crippen molar-refractivity contribution in [2.75, 3.05) is 6.54 Å². The third kappa shape index (κ3) is 1.71. The number of fused-ring (bicyclic) bond motifs is 1. The second kappa shape index (κ2) is 3.38. The lowest BCUT2D eigenvalue weighted by Crippen LogP contribution is -2.18. The first-order valence-corrected chi connectivity index (χ1v) is 6.21. The van der Waals surface area contributed by atoms with Crippen molar-refractivity contribution in [3.63, 3.8) is 0 Å². The van der Waals surface area contributed by atoms with Gasteiger partial charge in [0.25, 0.3) is 0 Å². The summed E-state index contributed by atoms with van der Waals surface area (Å²) in [6.07, 6.45) is 9.09. The van der Waals surface area contributed by atoms with Crippen LogP contribution in [-0.2, 0) is 19.3 Å². The van der Waals surface area contributed by atoms with Crippen molar-refractivity contribution in [2.45, 2.75) is 44.9 Å². The van der Waals surface area contributed by atoms with E-state index in [0.29, 0.717) is 5.41 Å². The van der Waals surface area contributed by atoms with Gasteiger partial charge >= 0.3 is 0 Å². The van der Waals surface area contributed by atoms with E-state index in [-0.39, 0.29) is 0 Å². The van der Waals surface area contributed by atoms with Crippen LogP contribution in [-0.4, -0.2) is 11.5 Å². The van der Waals surface area contributed by atoms with E-state index in [2.05, 4.69) is 11.1 Å². The highest BCUT2D eigenvalue weighted by molar-refractivity contribution is 5.29. The van der Waals surface area contributed by atoms with E-state index in [9.17, 15) is 0 Å². The summed E-state index contributed by atoms with van der Waals surface area (Å²) in [4.78, 5) is 3.61. The molecule has 0 radical (unpaired) electrons. The van der Waals surface area contributed by atoms with Gasteiger partial charge in [-0.15, -0.1) is 0 Å². The molecule has 1 fully saturated rings. The summed E-state index contributed by atoms with van der Waals surface area (Å²) in [5.74, 6) is 0. The summed E-state index contributed by atoms with van der Waals surface area (Å²) in [7, 11) is 0. The van der Waals surface area contributed by atoms with Crippen LogP contribution in [0.25, 0.3) is 0 Å². The molecule has 0 aromatic carbocycles. The van der Waals surface area contributed by atoms with Crippen LogP contribution in [0, 0.1) is 5.41 Å². The third-order valence-corrected chi connectivity index (χ3v) is 4.13. The number of hydrogen-bond acceptors (Lipinski definition) is 1. The average Bonchev–Trinajstić information content (AvgIpc) is 2.91. The third-order valence-electron chi connectivity index (χ3n) is 4.13. The molecule has 82 valence electrons. The zero-order valence-electron chi connectivity index (χ0n) is 9.31. The fourth-order valence-corrected chi connectivity index (χ4v) is 2.80. The largest absolute Gasteiger partial charge is 0.362 e. The number of nitrogens with two attached hydrogens (primary N) is 1. The van der Waals surface area contributed by atoms with Crippen molar-refractivity contribution in [1.82, 2.24) is 4.98 Å². The Morgan fingerprint density at radius 3 is 2.73 bits per heavy atom. The Hall–Kier alpha value is -0.760. The summed E-state index contributed by atoms with van der Waals surface area (Å²) in [5.41, 5.74) is 10.8. The molecule has 0 bridgehead atoms. The molecule has 0 atom stereocenters. The quantitative estimate of drug-likeness (QED) is 0.778. The lowest BCUT2D eigenvalue weighted by molar-refractivity contribution is 0.514. The van der Waals surface area contributed by atoms with E-state index in [0.717, 1.165) is 6.54 Å². The molecular weight excluding hydrogens is 184 g/mol. The Morgan fingerprint density at radius 1 is 1.27 bits per heavy atom. The van der Waals surface area contributed by atoms with Gasteiger partial charge in [0.1, 0.15) is 0 Å².